The van der Waals surface area contributed by atoms with E-state index in [1.165, 1.54) is 12.1 Å². The van der Waals surface area contributed by atoms with Gasteiger partial charge in [0, 0.05) is 5.92 Å². The molecule has 1 heterocycles. The number of ketones is 1. The number of phenolic OH excluding ortho intramolecular Hbond substituents is 1. The van der Waals surface area contributed by atoms with Crippen LogP contribution in [0.4, 0.5) is 0 Å². The Morgan fingerprint density at radius 1 is 1.11 bits per heavy atom. The van der Waals surface area contributed by atoms with Crippen LogP contribution in [0.3, 0.4) is 0 Å². The van der Waals surface area contributed by atoms with E-state index < -0.39 is 30.1 Å². The Morgan fingerprint density at radius 2 is 1.89 bits per heavy atom. The average molecular weight is 372 g/mol. The number of carbonyl (C=O) groups excluding carboxylic acids is 2. The van der Waals surface area contributed by atoms with Gasteiger partial charge in [0.05, 0.1) is 6.10 Å². The SMILES string of the molecule is Cc1cc(O)c2c(c1)/C=C/C[C@H](O)[C@H](O)C(=O)/C=C\[C@@H]1CCC[C@H]1OC2=O. The van der Waals surface area contributed by atoms with Gasteiger partial charge in [0.25, 0.3) is 0 Å². The van der Waals surface area contributed by atoms with Gasteiger partial charge in [-0.25, -0.2) is 4.79 Å². The smallest absolute Gasteiger partial charge is 0.342 e. The molecule has 3 rings (SSSR count). The van der Waals surface area contributed by atoms with Crippen LogP contribution >= 0.6 is 0 Å². The molecule has 0 radical (unpaired) electrons. The molecule has 1 aliphatic heterocycles. The van der Waals surface area contributed by atoms with Crippen molar-refractivity contribution in [2.24, 2.45) is 5.92 Å². The standard InChI is InChI=1S/C21H24O6/c1-12-10-14-5-2-6-15(22)20(25)16(23)9-8-13-4-3-7-18(13)27-21(26)19(14)17(24)11-12/h2,5,8-11,13,15,18,20,22,24-25H,3-4,6-7H2,1H3/b5-2+,9-8-/t13-,15-,18+,20-/m0/s1. The quantitative estimate of drug-likeness (QED) is 0.604. The van der Waals surface area contributed by atoms with Crippen LogP contribution in [0.5, 0.6) is 5.75 Å². The summed E-state index contributed by atoms with van der Waals surface area (Å²) >= 11 is 0. The number of hydrogen-bond acceptors (Lipinski definition) is 6. The zero-order valence-electron chi connectivity index (χ0n) is 15.2. The number of phenols is 1. The minimum Gasteiger partial charge on any atom is -0.507 e. The third-order valence-electron chi connectivity index (χ3n) is 5.10. The number of hydrogen-bond donors (Lipinski definition) is 3. The number of carbonyl (C=O) groups is 2. The predicted molar refractivity (Wildman–Crippen MR) is 99.2 cm³/mol. The lowest BCUT2D eigenvalue weighted by Gasteiger charge is -2.20. The molecule has 0 amide bonds. The molecule has 2 aliphatic rings. The van der Waals surface area contributed by atoms with Crippen molar-refractivity contribution in [2.45, 2.75) is 50.9 Å². The first-order valence-electron chi connectivity index (χ1n) is 9.16. The number of rotatable bonds is 0. The van der Waals surface area contributed by atoms with E-state index >= 15 is 0 Å². The fourth-order valence-corrected chi connectivity index (χ4v) is 3.64. The second-order valence-corrected chi connectivity index (χ2v) is 7.20. The summed E-state index contributed by atoms with van der Waals surface area (Å²) in [5.41, 5.74) is 1.31. The summed E-state index contributed by atoms with van der Waals surface area (Å²) in [6, 6.07) is 3.24. The third-order valence-corrected chi connectivity index (χ3v) is 5.10. The summed E-state index contributed by atoms with van der Waals surface area (Å²) in [5, 5.41) is 30.4. The van der Waals surface area contributed by atoms with Crippen molar-refractivity contribution in [1.82, 2.24) is 0 Å². The van der Waals surface area contributed by atoms with E-state index in [1.807, 2.05) is 0 Å². The highest BCUT2D eigenvalue weighted by molar-refractivity contribution is 5.97. The molecule has 144 valence electrons. The van der Waals surface area contributed by atoms with E-state index in [0.29, 0.717) is 12.0 Å². The van der Waals surface area contributed by atoms with Gasteiger partial charge in [-0.3, -0.25) is 4.79 Å². The van der Waals surface area contributed by atoms with Crippen LogP contribution in [-0.2, 0) is 9.53 Å². The highest BCUT2D eigenvalue weighted by Gasteiger charge is 2.31. The summed E-state index contributed by atoms with van der Waals surface area (Å²) in [5.74, 6) is -1.48. The van der Waals surface area contributed by atoms with Crippen LogP contribution in [0.1, 0.15) is 47.2 Å². The van der Waals surface area contributed by atoms with Crippen LogP contribution < -0.4 is 0 Å². The number of esters is 1. The molecule has 3 N–H and O–H groups in total. The number of benzene rings is 1. The Kier molecular flexibility index (Phi) is 5.77. The Hall–Kier alpha value is -2.44. The molecule has 27 heavy (non-hydrogen) atoms. The van der Waals surface area contributed by atoms with Crippen molar-refractivity contribution < 1.29 is 29.6 Å². The van der Waals surface area contributed by atoms with Gasteiger partial charge in [-0.05, 0) is 55.9 Å². The number of aliphatic hydroxyl groups excluding tert-OH is 2. The number of fused-ring (bicyclic) bond motifs is 2. The Bertz CT molecular complexity index is 794. The molecule has 4 atom stereocenters. The fourth-order valence-electron chi connectivity index (χ4n) is 3.64. The van der Waals surface area contributed by atoms with Crippen molar-refractivity contribution in [1.29, 1.82) is 0 Å². The van der Waals surface area contributed by atoms with Crippen LogP contribution in [0, 0.1) is 12.8 Å². The van der Waals surface area contributed by atoms with Gasteiger partial charge in [0.1, 0.15) is 23.5 Å². The topological polar surface area (TPSA) is 104 Å². The summed E-state index contributed by atoms with van der Waals surface area (Å²) in [4.78, 5) is 24.8. The molecule has 0 aromatic heterocycles. The van der Waals surface area contributed by atoms with E-state index in [4.69, 9.17) is 4.74 Å². The van der Waals surface area contributed by atoms with E-state index in [-0.39, 0.29) is 23.7 Å². The molecule has 6 nitrogen and oxygen atoms in total. The highest BCUT2D eigenvalue weighted by Crippen LogP contribution is 2.32. The lowest BCUT2D eigenvalue weighted by Crippen LogP contribution is -2.32. The minimum absolute atomic E-state index is 0.0238. The van der Waals surface area contributed by atoms with Crippen molar-refractivity contribution in [3.63, 3.8) is 0 Å². The highest BCUT2D eigenvalue weighted by atomic mass is 16.5. The lowest BCUT2D eigenvalue weighted by molar-refractivity contribution is -0.127. The first-order valence-corrected chi connectivity index (χ1v) is 9.16. The molecular weight excluding hydrogens is 348 g/mol. The minimum atomic E-state index is -1.51. The molecule has 6 heteroatoms. The number of aryl methyl sites for hydroxylation is 1. The zero-order chi connectivity index (χ0) is 19.6. The van der Waals surface area contributed by atoms with Crippen LogP contribution in [-0.4, -0.2) is 45.4 Å². The van der Waals surface area contributed by atoms with Gasteiger partial charge < -0.3 is 20.1 Å². The molecular formula is C21H24O6. The molecule has 0 bridgehead atoms. The van der Waals surface area contributed by atoms with Gasteiger partial charge in [-0.15, -0.1) is 0 Å². The second-order valence-electron chi connectivity index (χ2n) is 7.20. The molecule has 1 fully saturated rings. The molecule has 0 unspecified atom stereocenters. The predicted octanol–water partition coefficient (Wildman–Crippen LogP) is 2.29. The van der Waals surface area contributed by atoms with E-state index in [0.717, 1.165) is 18.4 Å². The number of aromatic hydroxyl groups is 1. The summed E-state index contributed by atoms with van der Waals surface area (Å²) in [6.07, 6.45) is 5.16. The van der Waals surface area contributed by atoms with E-state index in [9.17, 15) is 24.9 Å². The van der Waals surface area contributed by atoms with Crippen LogP contribution in [0.15, 0.2) is 30.4 Å². The second kappa shape index (κ2) is 8.06. The number of aliphatic hydroxyl groups is 2. The first kappa shape index (κ1) is 19.3. The molecule has 1 aliphatic carbocycles. The van der Waals surface area contributed by atoms with Crippen molar-refractivity contribution in [3.8, 4) is 5.75 Å². The summed E-state index contributed by atoms with van der Waals surface area (Å²) in [7, 11) is 0. The summed E-state index contributed by atoms with van der Waals surface area (Å²) in [6.45, 7) is 1.79. The summed E-state index contributed by atoms with van der Waals surface area (Å²) < 4.78 is 5.64. The monoisotopic (exact) mass is 372 g/mol. The maximum Gasteiger partial charge on any atom is 0.342 e. The first-order chi connectivity index (χ1) is 12.9. The van der Waals surface area contributed by atoms with Gasteiger partial charge in [0.2, 0.25) is 0 Å². The molecule has 1 saturated carbocycles. The van der Waals surface area contributed by atoms with E-state index in [1.54, 1.807) is 31.2 Å². The maximum absolute atomic E-state index is 12.7. The Balaban J connectivity index is 2.02. The molecule has 0 spiro atoms. The average Bonchev–Trinajstić information content (AvgIpc) is 3.04. The Morgan fingerprint density at radius 3 is 2.67 bits per heavy atom. The van der Waals surface area contributed by atoms with Crippen LogP contribution in [0.2, 0.25) is 0 Å². The number of ether oxygens (including phenoxy) is 1. The molecule has 1 aromatic carbocycles. The maximum atomic E-state index is 12.7. The molecule has 1 aromatic rings. The van der Waals surface area contributed by atoms with Gasteiger partial charge in [-0.2, -0.15) is 0 Å². The zero-order valence-corrected chi connectivity index (χ0v) is 15.2. The van der Waals surface area contributed by atoms with Gasteiger partial charge in [0.15, 0.2) is 5.78 Å². The van der Waals surface area contributed by atoms with E-state index in [2.05, 4.69) is 0 Å². The van der Waals surface area contributed by atoms with Crippen molar-refractivity contribution in [2.75, 3.05) is 0 Å². The normalized spacial score (nSPS) is 31.4. The Labute approximate surface area is 157 Å². The molecule has 0 saturated heterocycles. The van der Waals surface area contributed by atoms with Gasteiger partial charge >= 0.3 is 5.97 Å². The lowest BCUT2D eigenvalue weighted by atomic mass is 9.99. The van der Waals surface area contributed by atoms with Crippen LogP contribution in [0.25, 0.3) is 6.08 Å². The third kappa shape index (κ3) is 4.28. The van der Waals surface area contributed by atoms with Crippen molar-refractivity contribution in [3.05, 3.63) is 47.1 Å². The van der Waals surface area contributed by atoms with Gasteiger partial charge in [-0.1, -0.05) is 24.3 Å². The largest absolute Gasteiger partial charge is 0.507 e. The van der Waals surface area contributed by atoms with Crippen molar-refractivity contribution >= 4 is 17.8 Å². The fraction of sp³-hybridized carbons (Fsp3) is 0.429.